The summed E-state index contributed by atoms with van der Waals surface area (Å²) >= 11 is 0. The largest absolute Gasteiger partial charge is 0.508 e. The third-order valence-electron chi connectivity index (χ3n) is 7.21. The third-order valence-corrected chi connectivity index (χ3v) is 7.21. The number of benzene rings is 1. The lowest BCUT2D eigenvalue weighted by molar-refractivity contribution is -0.248. The summed E-state index contributed by atoms with van der Waals surface area (Å²) in [5.41, 5.74) is 8.62. The van der Waals surface area contributed by atoms with Crippen LogP contribution in [0.25, 0.3) is 10.4 Å². The van der Waals surface area contributed by atoms with Gasteiger partial charge in [-0.15, -0.1) is 0 Å². The average molecular weight is 636 g/mol. The maximum absolute atomic E-state index is 13.8. The lowest BCUT2D eigenvalue weighted by Gasteiger charge is -2.44. The van der Waals surface area contributed by atoms with Crippen molar-refractivity contribution >= 4 is 29.7 Å². The number of esters is 3. The molecule has 17 nitrogen and oxygen atoms in total. The number of phenols is 1. The van der Waals surface area contributed by atoms with Crippen molar-refractivity contribution in [1.29, 1.82) is 0 Å². The standard InChI is InChI=1S/C28H37N5O12/c1-13-23(43-14(2)34)24(44-15(3)35)25(45-16(4)36)28(42-13)32-27(40)19-11-21(38)22(41-9-8-30-33-29)12-20(19)31-26(39)17-6-5-7-18(37)10-17/h5-7,10,13,19-25,28,37-38H,8-9,11-12H2,1-4H3,(H,31,39)(H,32,40)/t13-,19+,20-,21-,22-,23+,24+,25-,28+/m0/s1. The van der Waals surface area contributed by atoms with Crippen LogP contribution in [0.2, 0.25) is 0 Å². The number of hydrogen-bond donors (Lipinski definition) is 4. The summed E-state index contributed by atoms with van der Waals surface area (Å²) in [6.45, 7) is 4.83. The Kier molecular flexibility index (Phi) is 12.5. The van der Waals surface area contributed by atoms with Gasteiger partial charge in [-0.25, -0.2) is 0 Å². The van der Waals surface area contributed by atoms with Crippen molar-refractivity contribution in [2.24, 2.45) is 11.0 Å². The number of ether oxygens (including phenoxy) is 5. The molecular formula is C28H37N5O12. The van der Waals surface area contributed by atoms with Crippen molar-refractivity contribution in [3.63, 3.8) is 0 Å². The number of amides is 2. The maximum Gasteiger partial charge on any atom is 0.303 e. The molecule has 0 spiro atoms. The Bertz CT molecular complexity index is 1300. The van der Waals surface area contributed by atoms with Crippen molar-refractivity contribution < 1.29 is 57.9 Å². The first-order chi connectivity index (χ1) is 21.3. The zero-order valence-corrected chi connectivity index (χ0v) is 25.2. The summed E-state index contributed by atoms with van der Waals surface area (Å²) in [7, 11) is 0. The van der Waals surface area contributed by atoms with Gasteiger partial charge in [0.2, 0.25) is 5.91 Å². The van der Waals surface area contributed by atoms with Crippen LogP contribution in [0.15, 0.2) is 29.4 Å². The predicted molar refractivity (Wildman–Crippen MR) is 151 cm³/mol. The smallest absolute Gasteiger partial charge is 0.303 e. The molecule has 0 radical (unpaired) electrons. The molecule has 1 aromatic carbocycles. The van der Waals surface area contributed by atoms with Crippen LogP contribution in [0.3, 0.4) is 0 Å². The van der Waals surface area contributed by atoms with Gasteiger partial charge in [0.05, 0.1) is 30.8 Å². The number of aromatic hydroxyl groups is 1. The summed E-state index contributed by atoms with van der Waals surface area (Å²) in [5, 5.41) is 29.5. The molecule has 1 saturated carbocycles. The highest BCUT2D eigenvalue weighted by Crippen LogP contribution is 2.31. The summed E-state index contributed by atoms with van der Waals surface area (Å²) < 4.78 is 27.6. The van der Waals surface area contributed by atoms with E-state index in [-0.39, 0.29) is 37.3 Å². The van der Waals surface area contributed by atoms with Crippen molar-refractivity contribution in [2.45, 2.75) is 89.4 Å². The molecule has 1 aliphatic heterocycles. The molecule has 0 unspecified atom stereocenters. The Morgan fingerprint density at radius 2 is 1.64 bits per heavy atom. The molecule has 0 bridgehead atoms. The number of hydrogen-bond acceptors (Lipinski definition) is 13. The first kappa shape index (κ1) is 35.0. The van der Waals surface area contributed by atoms with E-state index >= 15 is 0 Å². The van der Waals surface area contributed by atoms with E-state index in [9.17, 15) is 34.2 Å². The van der Waals surface area contributed by atoms with Gasteiger partial charge < -0.3 is 44.5 Å². The number of aliphatic hydroxyl groups is 1. The van der Waals surface area contributed by atoms with Crippen molar-refractivity contribution in [2.75, 3.05) is 13.2 Å². The van der Waals surface area contributed by atoms with Gasteiger partial charge in [0.1, 0.15) is 5.75 Å². The van der Waals surface area contributed by atoms with Crippen LogP contribution in [0, 0.1) is 5.92 Å². The Balaban J connectivity index is 1.88. The number of azide groups is 1. The second kappa shape index (κ2) is 16.0. The fraction of sp³-hybridized carbons (Fsp3) is 0.607. The number of nitrogens with one attached hydrogen (secondary N) is 2. The molecule has 45 heavy (non-hydrogen) atoms. The van der Waals surface area contributed by atoms with Crippen molar-refractivity contribution in [1.82, 2.24) is 10.6 Å². The molecule has 9 atom stereocenters. The zero-order valence-electron chi connectivity index (χ0n) is 25.2. The van der Waals surface area contributed by atoms with Crippen LogP contribution in [0.4, 0.5) is 0 Å². The fourth-order valence-corrected chi connectivity index (χ4v) is 5.34. The third kappa shape index (κ3) is 9.78. The lowest BCUT2D eigenvalue weighted by atomic mass is 9.80. The van der Waals surface area contributed by atoms with E-state index in [1.807, 2.05) is 0 Å². The number of phenolic OH excluding ortho intramolecular Hbond substituents is 1. The molecule has 2 fully saturated rings. The number of rotatable bonds is 11. The Morgan fingerprint density at radius 1 is 1.00 bits per heavy atom. The molecule has 246 valence electrons. The minimum atomic E-state index is -1.44. The highest BCUT2D eigenvalue weighted by Gasteiger charge is 2.52. The highest BCUT2D eigenvalue weighted by molar-refractivity contribution is 5.95. The van der Waals surface area contributed by atoms with Crippen LogP contribution >= 0.6 is 0 Å². The van der Waals surface area contributed by atoms with Gasteiger partial charge >= 0.3 is 17.9 Å². The van der Waals surface area contributed by atoms with Gasteiger partial charge in [-0.05, 0) is 43.5 Å². The molecule has 1 aliphatic carbocycles. The normalized spacial score (nSPS) is 29.3. The van der Waals surface area contributed by atoms with Gasteiger partial charge in [0.15, 0.2) is 24.5 Å². The predicted octanol–water partition coefficient (Wildman–Crippen LogP) is 0.613. The molecule has 2 aliphatic rings. The SMILES string of the molecule is CC(=O)O[C@@H]1[C@H](OC(C)=O)[C@H](C)O[C@@H](NC(=O)[C@@H]2C[C@H](O)[C@@H](OCCN=[N+]=[N-])C[C@@H]2NC(=O)c2cccc(O)c2)[C@H]1OC(C)=O. The van der Waals surface area contributed by atoms with Gasteiger partial charge in [0, 0.05) is 43.8 Å². The number of nitrogens with zero attached hydrogens (tertiary/aromatic N) is 3. The molecule has 2 amide bonds. The minimum Gasteiger partial charge on any atom is -0.508 e. The Morgan fingerprint density at radius 3 is 2.27 bits per heavy atom. The minimum absolute atomic E-state index is 0.00344. The first-order valence-corrected chi connectivity index (χ1v) is 14.2. The first-order valence-electron chi connectivity index (χ1n) is 14.2. The molecule has 17 heteroatoms. The van der Waals surface area contributed by atoms with E-state index in [1.165, 1.54) is 31.2 Å². The topological polar surface area (TPSA) is 245 Å². The molecule has 1 heterocycles. The number of aliphatic hydroxyl groups excluding tert-OH is 1. The average Bonchev–Trinajstić information content (AvgIpc) is 2.95. The lowest BCUT2D eigenvalue weighted by Crippen LogP contribution is -2.66. The van der Waals surface area contributed by atoms with E-state index < -0.39 is 84.5 Å². The van der Waals surface area contributed by atoms with Crippen molar-refractivity contribution in [3.05, 3.63) is 40.3 Å². The van der Waals surface area contributed by atoms with Crippen molar-refractivity contribution in [3.8, 4) is 5.75 Å². The molecule has 3 rings (SSSR count). The number of carbonyl (C=O) groups is 5. The van der Waals surface area contributed by atoms with Crippen LogP contribution < -0.4 is 10.6 Å². The second-order valence-electron chi connectivity index (χ2n) is 10.6. The van der Waals surface area contributed by atoms with E-state index in [2.05, 4.69) is 20.7 Å². The van der Waals surface area contributed by atoms with Crippen LogP contribution in [0.1, 0.15) is 50.9 Å². The summed E-state index contributed by atoms with van der Waals surface area (Å²) in [6, 6.07) is 4.65. The molecule has 1 saturated heterocycles. The zero-order chi connectivity index (χ0) is 33.3. The summed E-state index contributed by atoms with van der Waals surface area (Å²) in [4.78, 5) is 65.4. The molecule has 1 aromatic rings. The van der Waals surface area contributed by atoms with E-state index in [1.54, 1.807) is 0 Å². The van der Waals surface area contributed by atoms with Gasteiger partial charge in [-0.3, -0.25) is 24.0 Å². The van der Waals surface area contributed by atoms with Crippen LogP contribution in [-0.2, 0) is 42.9 Å². The fourth-order valence-electron chi connectivity index (χ4n) is 5.34. The monoisotopic (exact) mass is 635 g/mol. The molecule has 0 aromatic heterocycles. The molecular weight excluding hydrogens is 598 g/mol. The highest BCUT2D eigenvalue weighted by atomic mass is 16.7. The molecule has 4 N–H and O–H groups in total. The van der Waals surface area contributed by atoms with Gasteiger partial charge in [-0.2, -0.15) is 0 Å². The van der Waals surface area contributed by atoms with Gasteiger partial charge in [-0.1, -0.05) is 11.2 Å². The Labute approximate surface area is 258 Å². The Hall–Kier alpha value is -4.44. The number of carbonyl (C=O) groups excluding carboxylic acids is 5. The van der Waals surface area contributed by atoms with E-state index in [0.29, 0.717) is 0 Å². The van der Waals surface area contributed by atoms with Crippen LogP contribution in [0.5, 0.6) is 5.75 Å². The maximum atomic E-state index is 13.8. The van der Waals surface area contributed by atoms with Gasteiger partial charge in [0.25, 0.3) is 5.91 Å². The quantitative estimate of drug-likeness (QED) is 0.0653. The van der Waals surface area contributed by atoms with Crippen LogP contribution in [-0.4, -0.2) is 102 Å². The second-order valence-corrected chi connectivity index (χ2v) is 10.6. The van der Waals surface area contributed by atoms with E-state index in [4.69, 9.17) is 29.2 Å². The van der Waals surface area contributed by atoms with E-state index in [0.717, 1.165) is 20.8 Å². The summed E-state index contributed by atoms with van der Waals surface area (Å²) in [5.74, 6) is -4.85. The summed E-state index contributed by atoms with van der Waals surface area (Å²) in [6.07, 6.45) is -8.54.